The predicted octanol–water partition coefficient (Wildman–Crippen LogP) is 7.04. The second-order valence-corrected chi connectivity index (χ2v) is 8.66. The smallest absolute Gasteiger partial charge is 0.275 e. The standard InChI is InChI=1S/C27H22N2O2/c1-16-13-14-23(29(30)31)25-21-11-6-12-22(21)27(28-26(16)25)24-19-9-4-2-7-17(19)15-18-8-3-5-10-20(18)24/h2-11,13-15,21-22,27-28H,12H2,1H3/t21-,22+,27?/m1/s1. The van der Waals surface area contributed by atoms with Crippen LogP contribution in [-0.2, 0) is 0 Å². The van der Waals surface area contributed by atoms with Crippen molar-refractivity contribution < 1.29 is 4.92 Å². The number of anilines is 1. The van der Waals surface area contributed by atoms with Crippen molar-refractivity contribution in [1.29, 1.82) is 0 Å². The lowest BCUT2D eigenvalue weighted by Gasteiger charge is -2.39. The fraction of sp³-hybridized carbons (Fsp3) is 0.185. The molecule has 0 radical (unpaired) electrons. The SMILES string of the molecule is Cc1ccc([N+](=O)[O-])c2c1NC(c1c3ccccc3cc3ccccc13)[C@H]1CC=C[C@@H]21. The maximum absolute atomic E-state index is 11.8. The molecule has 4 nitrogen and oxygen atoms in total. The summed E-state index contributed by atoms with van der Waals surface area (Å²) in [6.07, 6.45) is 5.28. The van der Waals surface area contributed by atoms with Crippen LogP contribution in [-0.4, -0.2) is 4.92 Å². The molecule has 0 fully saturated rings. The summed E-state index contributed by atoms with van der Waals surface area (Å²) < 4.78 is 0. The summed E-state index contributed by atoms with van der Waals surface area (Å²) in [7, 11) is 0. The predicted molar refractivity (Wildman–Crippen MR) is 126 cm³/mol. The van der Waals surface area contributed by atoms with Gasteiger partial charge < -0.3 is 5.32 Å². The molecule has 1 aliphatic heterocycles. The number of nitrogens with one attached hydrogen (secondary N) is 1. The van der Waals surface area contributed by atoms with Crippen LogP contribution in [0.1, 0.15) is 35.1 Å². The molecule has 4 heteroatoms. The van der Waals surface area contributed by atoms with Crippen LogP contribution in [0.5, 0.6) is 0 Å². The quantitative estimate of drug-likeness (QED) is 0.168. The molecule has 1 N–H and O–H groups in total. The van der Waals surface area contributed by atoms with Crippen molar-refractivity contribution in [2.45, 2.75) is 25.3 Å². The van der Waals surface area contributed by atoms with Crippen molar-refractivity contribution in [2.75, 3.05) is 5.32 Å². The van der Waals surface area contributed by atoms with Gasteiger partial charge in [0.1, 0.15) is 0 Å². The van der Waals surface area contributed by atoms with Gasteiger partial charge in [0.05, 0.1) is 16.5 Å². The Morgan fingerprint density at radius 3 is 2.29 bits per heavy atom. The number of hydrogen-bond acceptors (Lipinski definition) is 3. The molecule has 31 heavy (non-hydrogen) atoms. The first-order valence-electron chi connectivity index (χ1n) is 10.7. The zero-order valence-corrected chi connectivity index (χ0v) is 17.2. The minimum Gasteiger partial charge on any atom is -0.377 e. The van der Waals surface area contributed by atoms with Crippen LogP contribution >= 0.6 is 0 Å². The van der Waals surface area contributed by atoms with Crippen molar-refractivity contribution in [3.8, 4) is 0 Å². The van der Waals surface area contributed by atoms with Crippen molar-refractivity contribution in [2.24, 2.45) is 5.92 Å². The first-order valence-corrected chi connectivity index (χ1v) is 10.7. The molecule has 6 rings (SSSR count). The lowest BCUT2D eigenvalue weighted by molar-refractivity contribution is -0.385. The summed E-state index contributed by atoms with van der Waals surface area (Å²) >= 11 is 0. The number of fused-ring (bicyclic) bond motifs is 5. The van der Waals surface area contributed by atoms with Gasteiger partial charge in [0.2, 0.25) is 0 Å². The van der Waals surface area contributed by atoms with Gasteiger partial charge in [0.25, 0.3) is 5.69 Å². The zero-order chi connectivity index (χ0) is 21.1. The highest BCUT2D eigenvalue weighted by atomic mass is 16.6. The second-order valence-electron chi connectivity index (χ2n) is 8.66. The number of nitrogens with zero attached hydrogens (tertiary/aromatic N) is 1. The average molecular weight is 406 g/mol. The molecule has 0 bridgehead atoms. The molecular weight excluding hydrogens is 384 g/mol. The highest BCUT2D eigenvalue weighted by molar-refractivity contribution is 6.03. The molecule has 152 valence electrons. The second kappa shape index (κ2) is 6.67. The Morgan fingerprint density at radius 1 is 0.935 bits per heavy atom. The summed E-state index contributed by atoms with van der Waals surface area (Å²) in [5.41, 5.74) is 4.32. The minimum atomic E-state index is -0.239. The highest BCUT2D eigenvalue weighted by Crippen LogP contribution is 2.54. The Hall–Kier alpha value is -3.66. The Labute approximate surface area is 180 Å². The van der Waals surface area contributed by atoms with Gasteiger partial charge in [0, 0.05) is 17.7 Å². The van der Waals surface area contributed by atoms with Gasteiger partial charge in [-0.3, -0.25) is 10.1 Å². The first-order chi connectivity index (χ1) is 15.1. The maximum Gasteiger partial charge on any atom is 0.275 e. The average Bonchev–Trinajstić information content (AvgIpc) is 3.27. The number of nitro benzene ring substituents is 1. The topological polar surface area (TPSA) is 55.2 Å². The van der Waals surface area contributed by atoms with E-state index in [2.05, 4.69) is 72.1 Å². The van der Waals surface area contributed by atoms with E-state index < -0.39 is 0 Å². The van der Waals surface area contributed by atoms with E-state index in [1.165, 1.54) is 27.1 Å². The number of aryl methyl sites for hydroxylation is 1. The molecule has 0 saturated carbocycles. The number of rotatable bonds is 2. The van der Waals surface area contributed by atoms with Crippen LogP contribution in [0, 0.1) is 23.0 Å². The molecule has 0 amide bonds. The Morgan fingerprint density at radius 2 is 1.61 bits per heavy atom. The molecule has 0 saturated heterocycles. The molecule has 2 aliphatic rings. The largest absolute Gasteiger partial charge is 0.377 e. The van der Waals surface area contributed by atoms with Crippen molar-refractivity contribution >= 4 is 32.9 Å². The van der Waals surface area contributed by atoms with E-state index in [-0.39, 0.29) is 28.5 Å². The minimum absolute atomic E-state index is 0.0410. The van der Waals surface area contributed by atoms with Gasteiger partial charge in [0.15, 0.2) is 0 Å². The normalized spacial score (nSPS) is 21.6. The van der Waals surface area contributed by atoms with Gasteiger partial charge in [-0.15, -0.1) is 0 Å². The number of nitro groups is 1. The van der Waals surface area contributed by atoms with E-state index in [9.17, 15) is 10.1 Å². The lowest BCUT2D eigenvalue weighted by atomic mass is 9.74. The van der Waals surface area contributed by atoms with E-state index in [0.717, 1.165) is 23.2 Å². The number of benzene rings is 4. The van der Waals surface area contributed by atoms with Gasteiger partial charge in [-0.1, -0.05) is 66.7 Å². The zero-order valence-electron chi connectivity index (χ0n) is 17.2. The van der Waals surface area contributed by atoms with Crippen LogP contribution in [0.25, 0.3) is 21.5 Å². The molecule has 4 aromatic carbocycles. The van der Waals surface area contributed by atoms with Crippen LogP contribution in [0.3, 0.4) is 0 Å². The fourth-order valence-electron chi connectivity index (χ4n) is 5.66. The third kappa shape index (κ3) is 2.61. The molecule has 4 aromatic rings. The summed E-state index contributed by atoms with van der Waals surface area (Å²) in [6.45, 7) is 2.03. The lowest BCUT2D eigenvalue weighted by Crippen LogP contribution is -2.30. The van der Waals surface area contributed by atoms with E-state index >= 15 is 0 Å². The van der Waals surface area contributed by atoms with E-state index in [0.29, 0.717) is 0 Å². The third-order valence-corrected chi connectivity index (χ3v) is 7.03. The van der Waals surface area contributed by atoms with Crippen molar-refractivity contribution in [3.05, 3.63) is 106 Å². The molecule has 0 aromatic heterocycles. The van der Waals surface area contributed by atoms with Gasteiger partial charge >= 0.3 is 0 Å². The summed E-state index contributed by atoms with van der Waals surface area (Å²) in [5, 5.41) is 20.6. The summed E-state index contributed by atoms with van der Waals surface area (Å²) in [6, 6.07) is 22.9. The fourth-order valence-corrected chi connectivity index (χ4v) is 5.66. The number of allylic oxidation sites excluding steroid dienone is 2. The Balaban J connectivity index is 1.65. The van der Waals surface area contributed by atoms with Crippen LogP contribution in [0.2, 0.25) is 0 Å². The summed E-state index contributed by atoms with van der Waals surface area (Å²) in [4.78, 5) is 11.6. The maximum atomic E-state index is 11.8. The molecule has 1 unspecified atom stereocenters. The van der Waals surface area contributed by atoms with E-state index in [4.69, 9.17) is 0 Å². The van der Waals surface area contributed by atoms with E-state index in [1.807, 2.05) is 13.0 Å². The Kier molecular flexibility index (Phi) is 3.90. The summed E-state index contributed by atoms with van der Waals surface area (Å²) in [5.74, 6) is 0.279. The number of hydrogen-bond donors (Lipinski definition) is 1. The highest BCUT2D eigenvalue weighted by Gasteiger charge is 2.43. The first kappa shape index (κ1) is 18.1. The van der Waals surface area contributed by atoms with Gasteiger partial charge in [-0.25, -0.2) is 0 Å². The molecule has 1 aliphatic carbocycles. The van der Waals surface area contributed by atoms with Crippen molar-refractivity contribution in [3.63, 3.8) is 0 Å². The molecule has 3 atom stereocenters. The van der Waals surface area contributed by atoms with Gasteiger partial charge in [-0.2, -0.15) is 0 Å². The third-order valence-electron chi connectivity index (χ3n) is 7.03. The van der Waals surface area contributed by atoms with Crippen molar-refractivity contribution in [1.82, 2.24) is 0 Å². The van der Waals surface area contributed by atoms with Crippen LogP contribution < -0.4 is 5.32 Å². The van der Waals surface area contributed by atoms with Crippen LogP contribution in [0.15, 0.2) is 78.9 Å². The van der Waals surface area contributed by atoms with Crippen LogP contribution in [0.4, 0.5) is 11.4 Å². The molecule has 0 spiro atoms. The monoisotopic (exact) mass is 406 g/mol. The van der Waals surface area contributed by atoms with E-state index in [1.54, 1.807) is 6.07 Å². The molecular formula is C27H22N2O2. The Bertz CT molecular complexity index is 1350. The molecule has 1 heterocycles. The van der Waals surface area contributed by atoms with Gasteiger partial charge in [-0.05, 0) is 58.0 Å².